The van der Waals surface area contributed by atoms with Gasteiger partial charge in [-0.05, 0) is 0 Å². The zero-order chi connectivity index (χ0) is 13.0. The van der Waals surface area contributed by atoms with Crippen LogP contribution in [-0.2, 0) is 0 Å². The first-order chi connectivity index (χ1) is 8.72. The van der Waals surface area contributed by atoms with E-state index in [1.165, 1.54) is 26.6 Å². The van der Waals surface area contributed by atoms with E-state index in [1.807, 2.05) is 0 Å². The number of nitrogens with one attached hydrogen (secondary N) is 1. The Labute approximate surface area is 103 Å². The van der Waals surface area contributed by atoms with Crippen molar-refractivity contribution in [3.05, 3.63) is 40.9 Å². The van der Waals surface area contributed by atoms with Crippen LogP contribution in [0.2, 0.25) is 0 Å². The molecule has 6 nitrogen and oxygen atoms in total. The quantitative estimate of drug-likeness (QED) is 0.889. The molecule has 1 aromatic carbocycles. The highest BCUT2D eigenvalue weighted by molar-refractivity contribution is 5.43. The predicted molar refractivity (Wildman–Crippen MR) is 64.5 cm³/mol. The van der Waals surface area contributed by atoms with Crippen molar-refractivity contribution in [3.63, 3.8) is 0 Å². The van der Waals surface area contributed by atoms with Crippen molar-refractivity contribution in [2.75, 3.05) is 14.2 Å². The molecule has 6 heteroatoms. The Morgan fingerprint density at radius 1 is 1.06 bits per heavy atom. The molecule has 0 saturated heterocycles. The van der Waals surface area contributed by atoms with E-state index in [1.54, 1.807) is 18.2 Å². The molecular formula is C12H12N2O4. The largest absolute Gasteiger partial charge is 0.496 e. The molecule has 2 aromatic rings. The van der Waals surface area contributed by atoms with Gasteiger partial charge in [0, 0.05) is 30.6 Å². The molecule has 94 valence electrons. The zero-order valence-corrected chi connectivity index (χ0v) is 9.97. The van der Waals surface area contributed by atoms with Crippen LogP contribution in [0, 0.1) is 0 Å². The molecule has 0 spiro atoms. The van der Waals surface area contributed by atoms with Crippen molar-refractivity contribution < 1.29 is 14.2 Å². The number of H-pyrrole nitrogens is 1. The summed E-state index contributed by atoms with van der Waals surface area (Å²) in [7, 11) is 3.07. The van der Waals surface area contributed by atoms with E-state index in [0.717, 1.165) is 0 Å². The van der Waals surface area contributed by atoms with Gasteiger partial charge in [0.2, 0.25) is 0 Å². The highest BCUT2D eigenvalue weighted by Gasteiger charge is 2.07. The summed E-state index contributed by atoms with van der Waals surface area (Å²) in [6.07, 6.45) is 2.87. The predicted octanol–water partition coefficient (Wildman–Crippen LogP) is 1.58. The average Bonchev–Trinajstić information content (AvgIpc) is 2.41. The lowest BCUT2D eigenvalue weighted by atomic mass is 10.3. The number of aromatic nitrogens is 2. The zero-order valence-electron chi connectivity index (χ0n) is 9.97. The first-order valence-corrected chi connectivity index (χ1v) is 5.17. The second kappa shape index (κ2) is 5.22. The Hall–Kier alpha value is -2.50. The van der Waals surface area contributed by atoms with E-state index in [4.69, 9.17) is 14.2 Å². The number of hydrogen-bond acceptors (Lipinski definition) is 5. The lowest BCUT2D eigenvalue weighted by Crippen LogP contribution is -2.09. The normalized spacial score (nSPS) is 9.89. The number of methoxy groups -OCH3 is 2. The summed E-state index contributed by atoms with van der Waals surface area (Å²) in [6.45, 7) is 0. The van der Waals surface area contributed by atoms with Crippen molar-refractivity contribution in [1.29, 1.82) is 0 Å². The van der Waals surface area contributed by atoms with Crippen LogP contribution in [0.4, 0.5) is 0 Å². The van der Waals surface area contributed by atoms with Crippen LogP contribution < -0.4 is 19.8 Å². The Kier molecular flexibility index (Phi) is 3.47. The maximum atomic E-state index is 11.4. The average molecular weight is 248 g/mol. The van der Waals surface area contributed by atoms with Gasteiger partial charge in [-0.15, -0.1) is 0 Å². The maximum Gasteiger partial charge on any atom is 0.311 e. The third kappa shape index (κ3) is 2.60. The smallest absolute Gasteiger partial charge is 0.311 e. The minimum absolute atomic E-state index is 0.0344. The van der Waals surface area contributed by atoms with Crippen LogP contribution in [0.3, 0.4) is 0 Å². The molecule has 0 unspecified atom stereocenters. The van der Waals surface area contributed by atoms with Gasteiger partial charge >= 0.3 is 5.56 Å². The number of benzene rings is 1. The molecule has 2 rings (SSSR count). The van der Waals surface area contributed by atoms with Gasteiger partial charge in [0.15, 0.2) is 0 Å². The molecule has 0 radical (unpaired) electrons. The fourth-order valence-corrected chi connectivity index (χ4v) is 1.36. The van der Waals surface area contributed by atoms with Crippen molar-refractivity contribution in [3.8, 4) is 23.1 Å². The molecule has 18 heavy (non-hydrogen) atoms. The van der Waals surface area contributed by atoms with Gasteiger partial charge in [0.25, 0.3) is 5.88 Å². The van der Waals surface area contributed by atoms with Crippen LogP contribution in [0.25, 0.3) is 0 Å². The van der Waals surface area contributed by atoms with Gasteiger partial charge in [-0.1, -0.05) is 0 Å². The van der Waals surface area contributed by atoms with Gasteiger partial charge < -0.3 is 19.2 Å². The molecule has 0 bridgehead atoms. The Morgan fingerprint density at radius 3 is 2.22 bits per heavy atom. The first kappa shape index (κ1) is 12.0. The number of aromatic amines is 1. The Morgan fingerprint density at radius 2 is 1.67 bits per heavy atom. The molecule has 0 fully saturated rings. The summed E-state index contributed by atoms with van der Waals surface area (Å²) >= 11 is 0. The highest BCUT2D eigenvalue weighted by atomic mass is 16.5. The number of ether oxygens (including phenoxy) is 3. The summed E-state index contributed by atoms with van der Waals surface area (Å²) in [4.78, 5) is 17.7. The molecule has 1 aromatic heterocycles. The lowest BCUT2D eigenvalue weighted by Gasteiger charge is -2.08. The van der Waals surface area contributed by atoms with Gasteiger partial charge in [-0.25, -0.2) is 4.98 Å². The van der Waals surface area contributed by atoms with Crippen molar-refractivity contribution in [1.82, 2.24) is 9.97 Å². The summed E-state index contributed by atoms with van der Waals surface area (Å²) in [5, 5.41) is 0. The Balaban J connectivity index is 2.34. The molecule has 0 saturated carbocycles. The minimum Gasteiger partial charge on any atom is -0.496 e. The lowest BCUT2D eigenvalue weighted by molar-refractivity contribution is 0.384. The van der Waals surface area contributed by atoms with Crippen LogP contribution in [0.15, 0.2) is 35.4 Å². The maximum absolute atomic E-state index is 11.4. The number of hydrogen-bond donors (Lipinski definition) is 1. The summed E-state index contributed by atoms with van der Waals surface area (Å²) in [5.41, 5.74) is -0.403. The van der Waals surface area contributed by atoms with Crippen molar-refractivity contribution in [2.24, 2.45) is 0 Å². The van der Waals surface area contributed by atoms with Crippen LogP contribution in [-0.4, -0.2) is 24.2 Å². The topological polar surface area (TPSA) is 73.4 Å². The molecular weight excluding hydrogens is 236 g/mol. The van der Waals surface area contributed by atoms with Gasteiger partial charge in [0.1, 0.15) is 17.2 Å². The summed E-state index contributed by atoms with van der Waals surface area (Å²) in [5.74, 6) is 1.51. The van der Waals surface area contributed by atoms with E-state index in [0.29, 0.717) is 17.2 Å². The monoisotopic (exact) mass is 248 g/mol. The number of rotatable bonds is 4. The van der Waals surface area contributed by atoms with Gasteiger partial charge in [0.05, 0.1) is 14.2 Å². The van der Waals surface area contributed by atoms with E-state index >= 15 is 0 Å². The van der Waals surface area contributed by atoms with Crippen LogP contribution in [0.1, 0.15) is 0 Å². The summed E-state index contributed by atoms with van der Waals surface area (Å²) < 4.78 is 15.6. The van der Waals surface area contributed by atoms with Crippen molar-refractivity contribution >= 4 is 0 Å². The SMILES string of the molecule is COc1cc(OC)cc(Oc2ncc[nH]c2=O)c1. The fourth-order valence-electron chi connectivity index (χ4n) is 1.36. The molecule has 0 aliphatic carbocycles. The van der Waals surface area contributed by atoms with E-state index < -0.39 is 5.56 Å². The fraction of sp³-hybridized carbons (Fsp3) is 0.167. The first-order valence-electron chi connectivity index (χ1n) is 5.17. The minimum atomic E-state index is -0.403. The van der Waals surface area contributed by atoms with E-state index in [2.05, 4.69) is 9.97 Å². The van der Waals surface area contributed by atoms with Crippen LogP contribution in [0.5, 0.6) is 23.1 Å². The highest BCUT2D eigenvalue weighted by Crippen LogP contribution is 2.29. The standard InChI is InChI=1S/C12H12N2O4/c1-16-8-5-9(17-2)7-10(6-8)18-12-11(15)13-3-4-14-12/h3-7H,1-2H3,(H,13,15). The second-order valence-corrected chi connectivity index (χ2v) is 3.37. The van der Waals surface area contributed by atoms with Crippen molar-refractivity contribution in [2.45, 2.75) is 0 Å². The molecule has 1 heterocycles. The third-order valence-electron chi connectivity index (χ3n) is 2.21. The Bertz CT molecular complexity index is 572. The molecule has 0 atom stereocenters. The molecule has 1 N–H and O–H groups in total. The van der Waals surface area contributed by atoms with Gasteiger partial charge in [-0.2, -0.15) is 0 Å². The summed E-state index contributed by atoms with van der Waals surface area (Å²) in [6, 6.07) is 4.97. The van der Waals surface area contributed by atoms with Crippen LogP contribution >= 0.6 is 0 Å². The second-order valence-electron chi connectivity index (χ2n) is 3.37. The van der Waals surface area contributed by atoms with Gasteiger partial charge in [-0.3, -0.25) is 4.79 Å². The van der Waals surface area contributed by atoms with E-state index in [-0.39, 0.29) is 5.88 Å². The third-order valence-corrected chi connectivity index (χ3v) is 2.21. The molecule has 0 aliphatic rings. The van der Waals surface area contributed by atoms with E-state index in [9.17, 15) is 4.79 Å². The number of nitrogens with zero attached hydrogens (tertiary/aromatic N) is 1. The molecule has 0 aliphatic heterocycles. The molecule has 0 amide bonds.